The van der Waals surface area contributed by atoms with Crippen molar-refractivity contribution >= 4 is 65.6 Å². The topological polar surface area (TPSA) is 46.8 Å². The number of fused-ring (bicyclic) bond motifs is 9. The third-order valence-corrected chi connectivity index (χ3v) is 9.53. The lowest BCUT2D eigenvalue weighted by Gasteiger charge is -2.16. The summed E-state index contributed by atoms with van der Waals surface area (Å²) in [6.45, 7) is 0. The van der Waals surface area contributed by atoms with Crippen molar-refractivity contribution in [3.8, 4) is 28.6 Å². The zero-order chi connectivity index (χ0) is 31.1. The Morgan fingerprint density at radius 2 is 0.957 bits per heavy atom. The molecular formula is C43H25N3O. The van der Waals surface area contributed by atoms with Crippen LogP contribution in [0.15, 0.2) is 156 Å². The van der Waals surface area contributed by atoms with Crippen molar-refractivity contribution in [2.24, 2.45) is 0 Å². The Bertz CT molecular complexity index is 2880. The minimum Gasteiger partial charge on any atom is -0.456 e. The van der Waals surface area contributed by atoms with Crippen LogP contribution in [0.4, 0.5) is 0 Å². The Hall–Kier alpha value is -6.57. The summed E-state index contributed by atoms with van der Waals surface area (Å²) in [6, 6.07) is 55.4. The van der Waals surface area contributed by atoms with E-state index in [-0.39, 0.29) is 0 Å². The number of furan rings is 1. The summed E-state index contributed by atoms with van der Waals surface area (Å²) in [5, 5.41) is 17.1. The quantitative estimate of drug-likeness (QED) is 0.203. The molecule has 218 valence electrons. The van der Waals surface area contributed by atoms with Crippen LogP contribution in [0.3, 0.4) is 0 Å². The van der Waals surface area contributed by atoms with Gasteiger partial charge in [0.05, 0.1) is 33.7 Å². The zero-order valence-electron chi connectivity index (χ0n) is 25.2. The molecule has 0 saturated heterocycles. The van der Waals surface area contributed by atoms with E-state index < -0.39 is 0 Å². The Kier molecular flexibility index (Phi) is 5.32. The van der Waals surface area contributed by atoms with Crippen molar-refractivity contribution in [1.82, 2.24) is 9.13 Å². The molecule has 0 unspecified atom stereocenters. The van der Waals surface area contributed by atoms with E-state index in [1.165, 1.54) is 21.5 Å². The fourth-order valence-corrected chi connectivity index (χ4v) is 7.51. The number of nitriles is 1. The van der Waals surface area contributed by atoms with Crippen LogP contribution < -0.4 is 0 Å². The molecule has 0 saturated carbocycles. The third kappa shape index (κ3) is 3.69. The van der Waals surface area contributed by atoms with Gasteiger partial charge in [-0.1, -0.05) is 91.0 Å². The molecule has 0 aliphatic rings. The minimum atomic E-state index is 0.643. The summed E-state index contributed by atoms with van der Waals surface area (Å²) in [4.78, 5) is 0. The molecule has 0 aliphatic carbocycles. The van der Waals surface area contributed by atoms with E-state index in [1.54, 1.807) is 0 Å². The van der Waals surface area contributed by atoms with Crippen LogP contribution in [0.1, 0.15) is 5.56 Å². The van der Waals surface area contributed by atoms with E-state index in [4.69, 9.17) is 4.42 Å². The number of para-hydroxylation sites is 4. The first-order valence-electron chi connectivity index (χ1n) is 15.7. The molecule has 0 amide bonds. The van der Waals surface area contributed by atoms with Crippen molar-refractivity contribution < 1.29 is 4.42 Å². The van der Waals surface area contributed by atoms with E-state index >= 15 is 0 Å². The van der Waals surface area contributed by atoms with Gasteiger partial charge in [0.2, 0.25) is 0 Å². The van der Waals surface area contributed by atoms with E-state index in [9.17, 15) is 5.26 Å². The van der Waals surface area contributed by atoms with Gasteiger partial charge in [-0.25, -0.2) is 0 Å². The molecule has 10 rings (SSSR count). The molecule has 4 heteroatoms. The van der Waals surface area contributed by atoms with Crippen molar-refractivity contribution in [2.75, 3.05) is 0 Å². The van der Waals surface area contributed by atoms with Crippen LogP contribution >= 0.6 is 0 Å². The van der Waals surface area contributed by atoms with Gasteiger partial charge in [0.1, 0.15) is 11.2 Å². The number of aromatic nitrogens is 2. The van der Waals surface area contributed by atoms with Crippen LogP contribution in [0.5, 0.6) is 0 Å². The van der Waals surface area contributed by atoms with Crippen LogP contribution in [0, 0.1) is 11.3 Å². The van der Waals surface area contributed by atoms with Gasteiger partial charge in [-0.3, -0.25) is 0 Å². The molecule has 0 bridgehead atoms. The van der Waals surface area contributed by atoms with Crippen molar-refractivity contribution in [1.29, 1.82) is 5.26 Å². The molecule has 10 aromatic rings. The third-order valence-electron chi connectivity index (χ3n) is 9.53. The first-order chi connectivity index (χ1) is 23.3. The highest BCUT2D eigenvalue weighted by Gasteiger charge is 2.19. The van der Waals surface area contributed by atoms with Gasteiger partial charge >= 0.3 is 0 Å². The molecule has 0 fully saturated rings. The van der Waals surface area contributed by atoms with Crippen LogP contribution in [-0.2, 0) is 0 Å². The van der Waals surface area contributed by atoms with Crippen LogP contribution in [-0.4, -0.2) is 9.13 Å². The van der Waals surface area contributed by atoms with Gasteiger partial charge in [-0.05, 0) is 65.7 Å². The van der Waals surface area contributed by atoms with Crippen molar-refractivity contribution in [2.45, 2.75) is 0 Å². The SMILES string of the molecule is N#Cc1ccccc1-c1cc(-n2c3ccccc3c3ccccc32)cc(-n2c3ccccc3c3cc4c(cc32)oc2ccccc24)c1. The summed E-state index contributed by atoms with van der Waals surface area (Å²) in [6.07, 6.45) is 0. The lowest BCUT2D eigenvalue weighted by Crippen LogP contribution is -2.00. The number of hydrogen-bond acceptors (Lipinski definition) is 2. The minimum absolute atomic E-state index is 0.643. The fraction of sp³-hybridized carbons (Fsp3) is 0. The zero-order valence-corrected chi connectivity index (χ0v) is 25.2. The van der Waals surface area contributed by atoms with Crippen molar-refractivity contribution in [3.05, 3.63) is 157 Å². The Morgan fingerprint density at radius 1 is 0.426 bits per heavy atom. The average molecular weight is 600 g/mol. The summed E-state index contributed by atoms with van der Waals surface area (Å²) >= 11 is 0. The van der Waals surface area contributed by atoms with Gasteiger partial charge < -0.3 is 13.6 Å². The molecule has 0 aliphatic heterocycles. The molecule has 0 atom stereocenters. The molecular weight excluding hydrogens is 574 g/mol. The normalized spacial score (nSPS) is 11.8. The maximum absolute atomic E-state index is 10.1. The largest absolute Gasteiger partial charge is 0.456 e. The average Bonchev–Trinajstić information content (AvgIpc) is 3.77. The standard InChI is InChI=1S/C43H25N3O/c44-26-27-11-1-2-12-31(27)28-21-29(45-38-17-7-3-13-32(38)33-14-4-8-18-39(33)45)23-30(22-28)46-40-19-9-5-15-34(40)36-24-37-35-16-6-10-20-42(35)47-43(37)25-41(36)46/h1-25H. The Balaban J connectivity index is 1.35. The maximum Gasteiger partial charge on any atom is 0.137 e. The highest BCUT2D eigenvalue weighted by Crippen LogP contribution is 2.40. The maximum atomic E-state index is 10.1. The highest BCUT2D eigenvalue weighted by molar-refractivity contribution is 6.17. The van der Waals surface area contributed by atoms with Gasteiger partial charge in [-0.2, -0.15) is 5.26 Å². The van der Waals surface area contributed by atoms with Crippen LogP contribution in [0.25, 0.3) is 88.1 Å². The summed E-state index contributed by atoms with van der Waals surface area (Å²) in [7, 11) is 0. The van der Waals surface area contributed by atoms with E-state index in [0.717, 1.165) is 66.5 Å². The monoisotopic (exact) mass is 599 g/mol. The second kappa shape index (κ2) is 9.71. The first kappa shape index (κ1) is 25.7. The number of benzene rings is 7. The molecule has 3 heterocycles. The van der Waals surface area contributed by atoms with E-state index in [1.807, 2.05) is 36.4 Å². The second-order valence-electron chi connectivity index (χ2n) is 12.1. The van der Waals surface area contributed by atoms with E-state index in [0.29, 0.717) is 5.56 Å². The van der Waals surface area contributed by atoms with Gasteiger partial charge in [0.15, 0.2) is 0 Å². The van der Waals surface area contributed by atoms with Crippen LogP contribution in [0.2, 0.25) is 0 Å². The summed E-state index contributed by atoms with van der Waals surface area (Å²) in [5.74, 6) is 0. The lowest BCUT2D eigenvalue weighted by molar-refractivity contribution is 0.669. The van der Waals surface area contributed by atoms with Crippen molar-refractivity contribution in [3.63, 3.8) is 0 Å². The predicted octanol–water partition coefficient (Wildman–Crippen LogP) is 11.3. The molecule has 0 N–H and O–H groups in total. The first-order valence-corrected chi connectivity index (χ1v) is 15.7. The van der Waals surface area contributed by atoms with Gasteiger partial charge in [0, 0.05) is 49.8 Å². The van der Waals surface area contributed by atoms with Gasteiger partial charge in [0.25, 0.3) is 0 Å². The highest BCUT2D eigenvalue weighted by atomic mass is 16.3. The summed E-state index contributed by atoms with van der Waals surface area (Å²) < 4.78 is 11.1. The lowest BCUT2D eigenvalue weighted by atomic mass is 9.99. The number of nitrogens with zero attached hydrogens (tertiary/aromatic N) is 3. The smallest absolute Gasteiger partial charge is 0.137 e. The summed E-state index contributed by atoms with van der Waals surface area (Å²) in [5.41, 5.74) is 10.7. The molecule has 0 radical (unpaired) electrons. The van der Waals surface area contributed by atoms with Gasteiger partial charge in [-0.15, -0.1) is 0 Å². The molecule has 47 heavy (non-hydrogen) atoms. The molecule has 7 aromatic carbocycles. The molecule has 4 nitrogen and oxygen atoms in total. The number of hydrogen-bond donors (Lipinski definition) is 0. The predicted molar refractivity (Wildman–Crippen MR) is 193 cm³/mol. The fourth-order valence-electron chi connectivity index (χ4n) is 7.51. The molecule has 3 aromatic heterocycles. The molecule has 0 spiro atoms. The number of rotatable bonds is 3. The Morgan fingerprint density at radius 3 is 1.62 bits per heavy atom. The Labute approximate surface area is 269 Å². The second-order valence-corrected chi connectivity index (χ2v) is 12.1. The van der Waals surface area contributed by atoms with E-state index in [2.05, 4.69) is 130 Å².